The van der Waals surface area contributed by atoms with Crippen molar-refractivity contribution in [3.8, 4) is 5.75 Å². The fourth-order valence-corrected chi connectivity index (χ4v) is 6.06. The maximum absolute atomic E-state index is 13.5. The maximum Gasteiger partial charge on any atom is 0.324 e. The largest absolute Gasteiger partial charge is 0.496 e. The number of nitrogens with one attached hydrogen (secondary N) is 1. The number of Topliss-reactive ketones (excluding diaryl/α,β-unsaturated/α-hetero) is 1. The number of carbonyl (C=O) groups excluding carboxylic acids is 2. The molecule has 8 heteroatoms. The van der Waals surface area contributed by atoms with Gasteiger partial charge in [0.1, 0.15) is 22.8 Å². The summed E-state index contributed by atoms with van der Waals surface area (Å²) in [6.45, 7) is 1.34. The minimum Gasteiger partial charge on any atom is -0.496 e. The predicted molar refractivity (Wildman–Crippen MR) is 106 cm³/mol. The Bertz CT molecular complexity index is 1000. The second kappa shape index (κ2) is 8.34. The van der Waals surface area contributed by atoms with Crippen molar-refractivity contribution in [2.75, 3.05) is 14.2 Å². The summed E-state index contributed by atoms with van der Waals surface area (Å²) in [7, 11) is -1.34. The van der Waals surface area contributed by atoms with Crippen LogP contribution in [0, 0.1) is 5.92 Å². The Labute approximate surface area is 169 Å². The van der Waals surface area contributed by atoms with Crippen molar-refractivity contribution in [1.82, 2.24) is 5.32 Å². The monoisotopic (exact) mass is 417 g/mol. The fourth-order valence-electron chi connectivity index (χ4n) is 3.93. The first-order valence-corrected chi connectivity index (χ1v) is 10.6. The average Bonchev–Trinajstić information content (AvgIpc) is 3.15. The summed E-state index contributed by atoms with van der Waals surface area (Å²) >= 11 is 0. The van der Waals surface area contributed by atoms with Crippen LogP contribution in [0.5, 0.6) is 5.75 Å². The standard InChI is InChI=1S/C21H23NO6S/c1-13(23)17-18(15-11-7-8-12-16(15)27-2)22-19(21(24)28-3)20(17)29(25,26)14-9-5-4-6-10-14/h4-12,17-20,22H,1-3H3/t17-,18+,19+,20+/m0/s1. The minimum absolute atomic E-state index is 0.0487. The molecule has 0 unspecified atom stereocenters. The van der Waals surface area contributed by atoms with Crippen molar-refractivity contribution in [1.29, 1.82) is 0 Å². The van der Waals surface area contributed by atoms with Crippen molar-refractivity contribution in [3.05, 3.63) is 60.2 Å². The summed E-state index contributed by atoms with van der Waals surface area (Å²) in [6.07, 6.45) is 0. The Morgan fingerprint density at radius 1 is 0.966 bits per heavy atom. The normalized spacial score (nSPS) is 24.1. The van der Waals surface area contributed by atoms with E-state index in [1.165, 1.54) is 33.3 Å². The zero-order valence-corrected chi connectivity index (χ0v) is 17.2. The molecule has 0 spiro atoms. The summed E-state index contributed by atoms with van der Waals surface area (Å²) in [5.41, 5.74) is 0.606. The predicted octanol–water partition coefficient (Wildman–Crippen LogP) is 1.93. The number of rotatable bonds is 6. The lowest BCUT2D eigenvalue weighted by atomic mass is 9.89. The second-order valence-electron chi connectivity index (χ2n) is 6.85. The Balaban J connectivity index is 2.18. The molecule has 0 radical (unpaired) electrons. The summed E-state index contributed by atoms with van der Waals surface area (Å²) in [6, 6.07) is 12.9. The molecular formula is C21H23NO6S. The van der Waals surface area contributed by atoms with Crippen LogP contribution in [0.2, 0.25) is 0 Å². The molecule has 2 aromatic rings. The van der Waals surface area contributed by atoms with Gasteiger partial charge in [-0.05, 0) is 25.1 Å². The lowest BCUT2D eigenvalue weighted by Gasteiger charge is -2.24. The number of ketones is 1. The zero-order chi connectivity index (χ0) is 21.2. The van der Waals surface area contributed by atoms with Crippen LogP contribution >= 0.6 is 0 Å². The summed E-state index contributed by atoms with van der Waals surface area (Å²) < 4.78 is 37.2. The third kappa shape index (κ3) is 3.77. The summed E-state index contributed by atoms with van der Waals surface area (Å²) in [4.78, 5) is 25.2. The highest BCUT2D eigenvalue weighted by Crippen LogP contribution is 2.42. The number of hydrogen-bond acceptors (Lipinski definition) is 7. The lowest BCUT2D eigenvalue weighted by molar-refractivity contribution is -0.142. The van der Waals surface area contributed by atoms with Gasteiger partial charge in [0, 0.05) is 11.6 Å². The molecule has 154 valence electrons. The fraction of sp³-hybridized carbons (Fsp3) is 0.333. The van der Waals surface area contributed by atoms with Crippen LogP contribution < -0.4 is 10.1 Å². The molecular weight excluding hydrogens is 394 g/mol. The third-order valence-corrected chi connectivity index (χ3v) is 7.44. The van der Waals surface area contributed by atoms with Gasteiger partial charge < -0.3 is 9.47 Å². The Hall–Kier alpha value is -2.71. The van der Waals surface area contributed by atoms with Crippen molar-refractivity contribution in [2.45, 2.75) is 29.2 Å². The van der Waals surface area contributed by atoms with E-state index in [0.717, 1.165) is 0 Å². The number of methoxy groups -OCH3 is 2. The number of hydrogen-bond donors (Lipinski definition) is 1. The summed E-state index contributed by atoms with van der Waals surface area (Å²) in [5.74, 6) is -1.58. The molecule has 0 aromatic heterocycles. The number of sulfone groups is 1. The molecule has 4 atom stereocenters. The van der Waals surface area contributed by atoms with Gasteiger partial charge in [0.2, 0.25) is 0 Å². The van der Waals surface area contributed by atoms with Crippen LogP contribution in [-0.4, -0.2) is 45.7 Å². The van der Waals surface area contributed by atoms with E-state index in [2.05, 4.69) is 5.32 Å². The average molecular weight is 417 g/mol. The topological polar surface area (TPSA) is 98.8 Å². The highest BCUT2D eigenvalue weighted by Gasteiger charge is 2.56. The molecule has 0 saturated carbocycles. The molecule has 0 aliphatic carbocycles. The SMILES string of the molecule is COC(=O)[C@@H]1N[C@H](c2ccccc2OC)[C@H](C(C)=O)[C@H]1S(=O)(=O)c1ccccc1. The van der Waals surface area contributed by atoms with E-state index in [-0.39, 0.29) is 10.7 Å². The van der Waals surface area contributed by atoms with Crippen molar-refractivity contribution in [3.63, 3.8) is 0 Å². The number of esters is 1. The van der Waals surface area contributed by atoms with Gasteiger partial charge in [-0.3, -0.25) is 14.9 Å². The molecule has 1 N–H and O–H groups in total. The smallest absolute Gasteiger partial charge is 0.324 e. The molecule has 1 saturated heterocycles. The number of carbonyl (C=O) groups is 2. The van der Waals surface area contributed by atoms with Gasteiger partial charge in [-0.1, -0.05) is 36.4 Å². The van der Waals surface area contributed by atoms with E-state index in [9.17, 15) is 18.0 Å². The quantitative estimate of drug-likeness (QED) is 0.717. The van der Waals surface area contributed by atoms with Crippen LogP contribution in [0.25, 0.3) is 0 Å². The molecule has 3 rings (SSSR count). The molecule has 0 amide bonds. The van der Waals surface area contributed by atoms with Crippen LogP contribution in [-0.2, 0) is 24.2 Å². The highest BCUT2D eigenvalue weighted by molar-refractivity contribution is 7.92. The molecule has 2 aromatic carbocycles. The molecule has 7 nitrogen and oxygen atoms in total. The summed E-state index contributed by atoms with van der Waals surface area (Å²) in [5, 5.41) is 1.72. The van der Waals surface area contributed by atoms with Crippen LogP contribution in [0.3, 0.4) is 0 Å². The number of benzene rings is 2. The highest BCUT2D eigenvalue weighted by atomic mass is 32.2. The van der Waals surface area contributed by atoms with Crippen LogP contribution in [0.4, 0.5) is 0 Å². The zero-order valence-electron chi connectivity index (χ0n) is 16.4. The van der Waals surface area contributed by atoms with Gasteiger partial charge in [-0.15, -0.1) is 0 Å². The van der Waals surface area contributed by atoms with E-state index in [1.54, 1.807) is 42.5 Å². The number of para-hydroxylation sites is 1. The molecule has 1 fully saturated rings. The first kappa shape index (κ1) is 21.0. The van der Waals surface area contributed by atoms with E-state index in [1.807, 2.05) is 0 Å². The van der Waals surface area contributed by atoms with Crippen LogP contribution in [0.15, 0.2) is 59.5 Å². The minimum atomic E-state index is -4.02. The van der Waals surface area contributed by atoms with Gasteiger partial charge in [0.15, 0.2) is 9.84 Å². The van der Waals surface area contributed by atoms with Crippen LogP contribution in [0.1, 0.15) is 18.5 Å². The van der Waals surface area contributed by atoms with E-state index >= 15 is 0 Å². The van der Waals surface area contributed by atoms with E-state index in [0.29, 0.717) is 11.3 Å². The lowest BCUT2D eigenvalue weighted by Crippen LogP contribution is -2.45. The second-order valence-corrected chi connectivity index (χ2v) is 8.95. The molecule has 1 heterocycles. The van der Waals surface area contributed by atoms with Crippen molar-refractivity contribution < 1.29 is 27.5 Å². The Kier molecular flexibility index (Phi) is 6.04. The van der Waals surface area contributed by atoms with Gasteiger partial charge in [0.25, 0.3) is 0 Å². The first-order chi connectivity index (χ1) is 13.8. The molecule has 1 aliphatic rings. The van der Waals surface area contributed by atoms with Crippen molar-refractivity contribution >= 4 is 21.6 Å². The van der Waals surface area contributed by atoms with Gasteiger partial charge in [-0.25, -0.2) is 8.42 Å². The van der Waals surface area contributed by atoms with Gasteiger partial charge in [0.05, 0.1) is 25.0 Å². The van der Waals surface area contributed by atoms with E-state index < -0.39 is 39.1 Å². The van der Waals surface area contributed by atoms with Crippen molar-refractivity contribution in [2.24, 2.45) is 5.92 Å². The molecule has 0 bridgehead atoms. The van der Waals surface area contributed by atoms with Gasteiger partial charge >= 0.3 is 5.97 Å². The molecule has 1 aliphatic heterocycles. The maximum atomic E-state index is 13.5. The Morgan fingerprint density at radius 3 is 2.17 bits per heavy atom. The third-order valence-electron chi connectivity index (χ3n) is 5.23. The first-order valence-electron chi connectivity index (χ1n) is 9.09. The Morgan fingerprint density at radius 2 is 1.59 bits per heavy atom. The van der Waals surface area contributed by atoms with Gasteiger partial charge in [-0.2, -0.15) is 0 Å². The van der Waals surface area contributed by atoms with E-state index in [4.69, 9.17) is 9.47 Å². The number of ether oxygens (including phenoxy) is 2. The molecule has 29 heavy (non-hydrogen) atoms.